The minimum Gasteiger partial charge on any atom is -0.361 e. The maximum Gasteiger partial charge on any atom is 0.256 e. The quantitative estimate of drug-likeness (QED) is 0.627. The Hall–Kier alpha value is -2.86. The summed E-state index contributed by atoms with van der Waals surface area (Å²) in [5.74, 6) is -0.175. The molecular weight excluding hydrogens is 304 g/mol. The molecule has 0 saturated carbocycles. The van der Waals surface area contributed by atoms with E-state index in [0.29, 0.717) is 18.7 Å². The number of nitrogens with two attached hydrogens (primary N) is 1. The van der Waals surface area contributed by atoms with Gasteiger partial charge in [-0.05, 0) is 30.2 Å². The second-order valence-electron chi connectivity index (χ2n) is 5.74. The average Bonchev–Trinajstić information content (AvgIpc) is 3.15. The smallest absolute Gasteiger partial charge is 0.256 e. The number of anilines is 1. The molecule has 124 valence electrons. The number of aromatic nitrogens is 1. The zero-order chi connectivity index (χ0) is 17.1. The summed E-state index contributed by atoms with van der Waals surface area (Å²) in [6, 6.07) is 9.52. The number of para-hydroxylation sites is 1. The molecule has 1 aromatic heterocycles. The number of hydrogen-bond donors (Lipinski definition) is 4. The van der Waals surface area contributed by atoms with Gasteiger partial charge in [-0.3, -0.25) is 9.59 Å². The molecule has 24 heavy (non-hydrogen) atoms. The van der Waals surface area contributed by atoms with Gasteiger partial charge in [-0.15, -0.1) is 0 Å². The first-order valence-electron chi connectivity index (χ1n) is 7.86. The summed E-state index contributed by atoms with van der Waals surface area (Å²) >= 11 is 0. The summed E-state index contributed by atoms with van der Waals surface area (Å²) in [6.07, 6.45) is 2.07. The number of rotatable bonds is 5. The van der Waals surface area contributed by atoms with Crippen molar-refractivity contribution in [3.63, 3.8) is 0 Å². The summed E-state index contributed by atoms with van der Waals surface area (Å²) in [6.45, 7) is 2.79. The Morgan fingerprint density at radius 2 is 2.08 bits per heavy atom. The third-order valence-corrected chi connectivity index (χ3v) is 4.02. The molecule has 0 aliphatic carbocycles. The number of aromatic amines is 1. The molecule has 0 radical (unpaired) electrons. The number of benzene rings is 1. The monoisotopic (exact) mass is 324 g/mol. The second kappa shape index (κ2) is 6.72. The Balaban J connectivity index is 1.85. The first-order chi connectivity index (χ1) is 11.6. The van der Waals surface area contributed by atoms with Crippen LogP contribution >= 0.6 is 0 Å². The lowest BCUT2D eigenvalue weighted by Crippen LogP contribution is -2.30. The SMILES string of the molecule is CC(=C1C(=O)Nc2ccccc21)c1cc(CC(=O)NCCN)c[nH]1. The molecule has 3 rings (SSSR count). The minimum atomic E-state index is -0.106. The van der Waals surface area contributed by atoms with E-state index in [0.717, 1.165) is 28.1 Å². The molecule has 1 aromatic carbocycles. The van der Waals surface area contributed by atoms with Crippen molar-refractivity contribution in [2.45, 2.75) is 13.3 Å². The lowest BCUT2D eigenvalue weighted by Gasteiger charge is -2.04. The fraction of sp³-hybridized carbons (Fsp3) is 0.222. The number of carbonyl (C=O) groups excluding carboxylic acids is 2. The van der Waals surface area contributed by atoms with Crippen LogP contribution in [0.15, 0.2) is 36.5 Å². The summed E-state index contributed by atoms with van der Waals surface area (Å²) in [5, 5.41) is 5.61. The van der Waals surface area contributed by atoms with Crippen LogP contribution in [0.3, 0.4) is 0 Å². The summed E-state index contributed by atoms with van der Waals surface area (Å²) in [5.41, 5.74) is 10.3. The lowest BCUT2D eigenvalue weighted by atomic mass is 10.00. The summed E-state index contributed by atoms with van der Waals surface area (Å²) in [7, 11) is 0. The molecule has 2 aromatic rings. The van der Waals surface area contributed by atoms with Gasteiger partial charge < -0.3 is 21.4 Å². The minimum absolute atomic E-state index is 0.0692. The van der Waals surface area contributed by atoms with E-state index in [9.17, 15) is 9.59 Å². The van der Waals surface area contributed by atoms with Gasteiger partial charge in [0.2, 0.25) is 5.91 Å². The fourth-order valence-corrected chi connectivity index (χ4v) is 2.84. The van der Waals surface area contributed by atoms with E-state index in [1.54, 1.807) is 6.20 Å². The number of H-pyrrole nitrogens is 1. The standard InChI is InChI=1S/C18H20N4O2/c1-11(17-13-4-2-3-5-14(13)22-18(17)24)15-8-12(10-21-15)9-16(23)20-7-6-19/h2-5,8,10,21H,6-7,9,19H2,1H3,(H,20,23)(H,22,24). The van der Waals surface area contributed by atoms with Gasteiger partial charge in [0.05, 0.1) is 12.0 Å². The largest absolute Gasteiger partial charge is 0.361 e. The average molecular weight is 324 g/mol. The molecule has 0 saturated heterocycles. The van der Waals surface area contributed by atoms with Crippen LogP contribution in [-0.4, -0.2) is 29.9 Å². The van der Waals surface area contributed by atoms with Crippen LogP contribution in [0.5, 0.6) is 0 Å². The molecule has 0 fully saturated rings. The molecule has 0 unspecified atom stereocenters. The Morgan fingerprint density at radius 1 is 1.29 bits per heavy atom. The van der Waals surface area contributed by atoms with Crippen molar-refractivity contribution < 1.29 is 9.59 Å². The number of carbonyl (C=O) groups is 2. The van der Waals surface area contributed by atoms with Crippen molar-refractivity contribution >= 4 is 28.6 Å². The Kier molecular flexibility index (Phi) is 4.48. The Bertz CT molecular complexity index is 820. The summed E-state index contributed by atoms with van der Waals surface area (Å²) in [4.78, 5) is 27.2. The van der Waals surface area contributed by atoms with Crippen molar-refractivity contribution in [2.24, 2.45) is 5.73 Å². The van der Waals surface area contributed by atoms with Gasteiger partial charge in [-0.2, -0.15) is 0 Å². The van der Waals surface area contributed by atoms with Crippen molar-refractivity contribution in [3.8, 4) is 0 Å². The van der Waals surface area contributed by atoms with E-state index in [1.165, 1.54) is 0 Å². The third-order valence-electron chi connectivity index (χ3n) is 4.02. The molecule has 6 nitrogen and oxygen atoms in total. The van der Waals surface area contributed by atoms with Gasteiger partial charge in [-0.1, -0.05) is 18.2 Å². The third kappa shape index (κ3) is 3.09. The van der Waals surface area contributed by atoms with E-state index in [2.05, 4.69) is 15.6 Å². The van der Waals surface area contributed by atoms with Gasteiger partial charge >= 0.3 is 0 Å². The van der Waals surface area contributed by atoms with E-state index in [1.807, 2.05) is 37.3 Å². The number of fused-ring (bicyclic) bond motifs is 1. The van der Waals surface area contributed by atoms with Crippen LogP contribution in [0.1, 0.15) is 23.7 Å². The van der Waals surface area contributed by atoms with Crippen LogP contribution in [0.2, 0.25) is 0 Å². The van der Waals surface area contributed by atoms with Crippen LogP contribution < -0.4 is 16.4 Å². The molecule has 1 aliphatic heterocycles. The van der Waals surface area contributed by atoms with Gasteiger partial charge in [0, 0.05) is 36.2 Å². The van der Waals surface area contributed by atoms with E-state index >= 15 is 0 Å². The van der Waals surface area contributed by atoms with Gasteiger partial charge in [0.1, 0.15) is 0 Å². The van der Waals surface area contributed by atoms with Crippen LogP contribution in [-0.2, 0) is 16.0 Å². The normalized spacial score (nSPS) is 15.0. The topological polar surface area (TPSA) is 100 Å². The predicted octanol–water partition coefficient (Wildman–Crippen LogP) is 1.51. The van der Waals surface area contributed by atoms with Gasteiger partial charge in [-0.25, -0.2) is 0 Å². The fourth-order valence-electron chi connectivity index (χ4n) is 2.84. The molecule has 6 heteroatoms. The molecule has 0 atom stereocenters. The van der Waals surface area contributed by atoms with Gasteiger partial charge in [0.25, 0.3) is 5.91 Å². The highest BCUT2D eigenvalue weighted by Gasteiger charge is 2.26. The Labute approximate surface area is 140 Å². The second-order valence-corrected chi connectivity index (χ2v) is 5.74. The van der Waals surface area contributed by atoms with E-state index in [4.69, 9.17) is 5.73 Å². The molecular formula is C18H20N4O2. The van der Waals surface area contributed by atoms with Crippen molar-refractivity contribution in [1.82, 2.24) is 10.3 Å². The van der Waals surface area contributed by atoms with Crippen LogP contribution in [0.4, 0.5) is 5.69 Å². The molecule has 0 bridgehead atoms. The van der Waals surface area contributed by atoms with Crippen LogP contribution in [0, 0.1) is 0 Å². The summed E-state index contributed by atoms with van der Waals surface area (Å²) < 4.78 is 0. The van der Waals surface area contributed by atoms with Crippen LogP contribution in [0.25, 0.3) is 11.1 Å². The zero-order valence-corrected chi connectivity index (χ0v) is 13.5. The lowest BCUT2D eigenvalue weighted by molar-refractivity contribution is -0.120. The predicted molar refractivity (Wildman–Crippen MR) is 94.1 cm³/mol. The van der Waals surface area contributed by atoms with Crippen molar-refractivity contribution in [1.29, 1.82) is 0 Å². The number of nitrogens with one attached hydrogen (secondary N) is 3. The first kappa shape index (κ1) is 16.0. The highest BCUT2D eigenvalue weighted by molar-refractivity contribution is 6.36. The number of hydrogen-bond acceptors (Lipinski definition) is 3. The molecule has 2 amide bonds. The van der Waals surface area contributed by atoms with Gasteiger partial charge in [0.15, 0.2) is 0 Å². The molecule has 1 aliphatic rings. The molecule has 2 heterocycles. The zero-order valence-electron chi connectivity index (χ0n) is 13.5. The first-order valence-corrected chi connectivity index (χ1v) is 7.86. The number of allylic oxidation sites excluding steroid dienone is 1. The van der Waals surface area contributed by atoms with E-state index in [-0.39, 0.29) is 18.2 Å². The highest BCUT2D eigenvalue weighted by Crippen LogP contribution is 2.36. The van der Waals surface area contributed by atoms with Crippen molar-refractivity contribution in [3.05, 3.63) is 53.3 Å². The Morgan fingerprint density at radius 3 is 2.88 bits per heavy atom. The van der Waals surface area contributed by atoms with Crippen molar-refractivity contribution in [2.75, 3.05) is 18.4 Å². The maximum atomic E-state index is 12.3. The number of amides is 2. The maximum absolute atomic E-state index is 12.3. The highest BCUT2D eigenvalue weighted by atomic mass is 16.2. The van der Waals surface area contributed by atoms with E-state index < -0.39 is 0 Å². The molecule has 0 spiro atoms. The molecule has 5 N–H and O–H groups in total.